The number of anilines is 1. The van der Waals surface area contributed by atoms with E-state index in [0.717, 1.165) is 5.56 Å². The molecular formula is C23H28N2O6. The van der Waals surface area contributed by atoms with Crippen molar-refractivity contribution in [1.82, 2.24) is 5.32 Å². The summed E-state index contributed by atoms with van der Waals surface area (Å²) < 4.78 is 5.20. The molecule has 8 heteroatoms. The molecule has 2 rings (SSSR count). The molecule has 2 atom stereocenters. The molecule has 166 valence electrons. The lowest BCUT2D eigenvalue weighted by Gasteiger charge is -2.37. The van der Waals surface area contributed by atoms with Crippen LogP contribution in [0.15, 0.2) is 60.7 Å². The fourth-order valence-electron chi connectivity index (χ4n) is 3.10. The minimum atomic E-state index is -2.11. The average Bonchev–Trinajstić information content (AvgIpc) is 2.70. The molecule has 0 bridgehead atoms. The molecule has 4 N–H and O–H groups in total. The Balaban J connectivity index is 2.33. The summed E-state index contributed by atoms with van der Waals surface area (Å²) in [6, 6.07) is 17.3. The van der Waals surface area contributed by atoms with Gasteiger partial charge in [0, 0.05) is 12.1 Å². The molecular weight excluding hydrogens is 400 g/mol. The number of hydrogen-bond acceptors (Lipinski definition) is 5. The molecule has 0 heterocycles. The quantitative estimate of drug-likeness (QED) is 0.446. The van der Waals surface area contributed by atoms with Gasteiger partial charge in [-0.2, -0.15) is 0 Å². The van der Waals surface area contributed by atoms with Crippen LogP contribution in [0.5, 0.6) is 0 Å². The Morgan fingerprint density at radius 2 is 1.48 bits per heavy atom. The average molecular weight is 428 g/mol. The highest BCUT2D eigenvalue weighted by Crippen LogP contribution is 2.34. The number of carboxylic acids is 2. The van der Waals surface area contributed by atoms with Crippen LogP contribution in [0.25, 0.3) is 0 Å². The van der Waals surface area contributed by atoms with E-state index in [1.807, 2.05) is 6.07 Å². The summed E-state index contributed by atoms with van der Waals surface area (Å²) in [6.45, 7) is 5.05. The first kappa shape index (κ1) is 23.7. The number of amides is 1. The fourth-order valence-corrected chi connectivity index (χ4v) is 3.10. The second kappa shape index (κ2) is 9.97. The number of aliphatic carboxylic acids is 2. The van der Waals surface area contributed by atoms with E-state index in [1.54, 1.807) is 75.4 Å². The number of carbonyl (C=O) groups is 3. The highest BCUT2D eigenvalue weighted by Gasteiger charge is 2.47. The summed E-state index contributed by atoms with van der Waals surface area (Å²) >= 11 is 0. The van der Waals surface area contributed by atoms with Crippen molar-refractivity contribution in [3.05, 3.63) is 66.2 Å². The van der Waals surface area contributed by atoms with Crippen LogP contribution in [0.4, 0.5) is 10.5 Å². The van der Waals surface area contributed by atoms with Gasteiger partial charge >= 0.3 is 18.0 Å². The number of alkyl carbamates (subject to hydrolysis) is 1. The van der Waals surface area contributed by atoms with Crippen molar-refractivity contribution in [2.45, 2.75) is 39.5 Å². The van der Waals surface area contributed by atoms with Crippen LogP contribution in [-0.4, -0.2) is 33.9 Å². The Morgan fingerprint density at radius 3 is 1.97 bits per heavy atom. The molecule has 31 heavy (non-hydrogen) atoms. The van der Waals surface area contributed by atoms with Crippen molar-refractivity contribution in [2.75, 3.05) is 5.32 Å². The van der Waals surface area contributed by atoms with E-state index in [2.05, 4.69) is 10.6 Å². The van der Waals surface area contributed by atoms with Crippen molar-refractivity contribution >= 4 is 23.7 Å². The Labute approximate surface area is 181 Å². The minimum Gasteiger partial charge on any atom is -0.481 e. The molecule has 0 saturated heterocycles. The topological polar surface area (TPSA) is 125 Å². The number of carboxylic acid groups (broad SMARTS) is 2. The monoisotopic (exact) mass is 428 g/mol. The first-order chi connectivity index (χ1) is 14.5. The van der Waals surface area contributed by atoms with Crippen LogP contribution in [0.1, 0.15) is 32.8 Å². The normalized spacial score (nSPS) is 14.0. The Bertz CT molecular complexity index is 895. The zero-order valence-corrected chi connectivity index (χ0v) is 17.8. The van der Waals surface area contributed by atoms with E-state index < -0.39 is 41.4 Å². The van der Waals surface area contributed by atoms with E-state index in [1.165, 1.54) is 0 Å². The Morgan fingerprint density at radius 1 is 0.935 bits per heavy atom. The van der Waals surface area contributed by atoms with Crippen LogP contribution in [0.3, 0.4) is 0 Å². The molecule has 8 nitrogen and oxygen atoms in total. The van der Waals surface area contributed by atoms with Gasteiger partial charge in [-0.1, -0.05) is 69.3 Å². The van der Waals surface area contributed by atoms with Crippen molar-refractivity contribution in [3.63, 3.8) is 0 Å². The highest BCUT2D eigenvalue weighted by molar-refractivity contribution is 5.88. The zero-order chi connectivity index (χ0) is 23.1. The number of para-hydroxylation sites is 1. The summed E-state index contributed by atoms with van der Waals surface area (Å²) in [4.78, 5) is 36.9. The molecule has 0 aliphatic heterocycles. The molecule has 2 aromatic carbocycles. The number of carbonyl (C=O) groups excluding carboxylic acids is 1. The molecule has 1 unspecified atom stereocenters. The molecule has 0 aromatic heterocycles. The standard InChI is InChI=1S/C23H28N2O6/c1-22(2,3)18(19(26)27)14-23(20(28)29,24-17-12-8-5-9-13-17)25-21(30)31-15-16-10-6-4-7-11-16/h4-13,18,24H,14-15H2,1-3H3,(H,25,30)(H,26,27)(H,28,29)/t18?,23-/m0/s1. The van der Waals surface area contributed by atoms with Crippen molar-refractivity contribution in [1.29, 1.82) is 0 Å². The summed E-state index contributed by atoms with van der Waals surface area (Å²) in [5.41, 5.74) is -1.73. The second-order valence-electron chi connectivity index (χ2n) is 8.35. The SMILES string of the molecule is CC(C)(C)C(C[C@@](NC(=O)OCc1ccccc1)(Nc1ccccc1)C(=O)O)C(=O)O. The number of ether oxygens (including phenoxy) is 1. The fraction of sp³-hybridized carbons (Fsp3) is 0.348. The van der Waals surface area contributed by atoms with Crippen LogP contribution in [0.2, 0.25) is 0 Å². The Kier molecular flexibility index (Phi) is 7.63. The lowest BCUT2D eigenvalue weighted by atomic mass is 9.75. The van der Waals surface area contributed by atoms with Crippen LogP contribution < -0.4 is 10.6 Å². The predicted octanol–water partition coefficient (Wildman–Crippen LogP) is 3.94. The van der Waals surface area contributed by atoms with Gasteiger partial charge in [0.05, 0.1) is 5.92 Å². The summed E-state index contributed by atoms with van der Waals surface area (Å²) in [7, 11) is 0. The van der Waals surface area contributed by atoms with Gasteiger partial charge in [-0.3, -0.25) is 10.1 Å². The third-order valence-corrected chi connectivity index (χ3v) is 4.88. The van der Waals surface area contributed by atoms with Gasteiger partial charge in [-0.15, -0.1) is 0 Å². The maximum Gasteiger partial charge on any atom is 0.409 e. The van der Waals surface area contributed by atoms with Crippen LogP contribution in [0, 0.1) is 11.3 Å². The second-order valence-corrected chi connectivity index (χ2v) is 8.35. The van der Waals surface area contributed by atoms with Crippen molar-refractivity contribution < 1.29 is 29.3 Å². The summed E-state index contributed by atoms with van der Waals surface area (Å²) in [5, 5.41) is 25.0. The van der Waals surface area contributed by atoms with Gasteiger partial charge in [-0.05, 0) is 23.1 Å². The summed E-state index contributed by atoms with van der Waals surface area (Å²) in [5.74, 6) is -3.66. The van der Waals surface area contributed by atoms with E-state index in [-0.39, 0.29) is 6.61 Å². The molecule has 0 radical (unpaired) electrons. The third-order valence-electron chi connectivity index (χ3n) is 4.88. The number of hydrogen-bond donors (Lipinski definition) is 4. The predicted molar refractivity (Wildman–Crippen MR) is 115 cm³/mol. The van der Waals surface area contributed by atoms with Gasteiger partial charge in [0.25, 0.3) is 0 Å². The maximum absolute atomic E-state index is 12.5. The zero-order valence-electron chi connectivity index (χ0n) is 17.8. The Hall–Kier alpha value is -3.55. The van der Waals surface area contributed by atoms with Crippen molar-refractivity contribution in [2.24, 2.45) is 11.3 Å². The molecule has 0 aliphatic carbocycles. The smallest absolute Gasteiger partial charge is 0.409 e. The molecule has 0 spiro atoms. The van der Waals surface area contributed by atoms with Gasteiger partial charge in [0.1, 0.15) is 6.61 Å². The lowest BCUT2D eigenvalue weighted by molar-refractivity contribution is -0.150. The summed E-state index contributed by atoms with van der Waals surface area (Å²) in [6.07, 6.45) is -1.39. The van der Waals surface area contributed by atoms with Gasteiger partial charge < -0.3 is 20.3 Å². The molecule has 0 aliphatic rings. The van der Waals surface area contributed by atoms with Gasteiger partial charge in [0.15, 0.2) is 0 Å². The lowest BCUT2D eigenvalue weighted by Crippen LogP contribution is -2.62. The molecule has 0 fully saturated rings. The van der Waals surface area contributed by atoms with Gasteiger partial charge in [-0.25, -0.2) is 9.59 Å². The minimum absolute atomic E-state index is 0.0602. The molecule has 1 amide bonds. The third kappa shape index (κ3) is 6.74. The van der Waals surface area contributed by atoms with Crippen molar-refractivity contribution in [3.8, 4) is 0 Å². The van der Waals surface area contributed by atoms with E-state index in [0.29, 0.717) is 5.69 Å². The first-order valence-corrected chi connectivity index (χ1v) is 9.82. The molecule has 0 saturated carbocycles. The molecule has 2 aromatic rings. The van der Waals surface area contributed by atoms with Gasteiger partial charge in [0.2, 0.25) is 5.66 Å². The van der Waals surface area contributed by atoms with E-state index in [9.17, 15) is 24.6 Å². The van der Waals surface area contributed by atoms with E-state index >= 15 is 0 Å². The van der Waals surface area contributed by atoms with Crippen LogP contribution in [-0.2, 0) is 20.9 Å². The largest absolute Gasteiger partial charge is 0.481 e. The highest BCUT2D eigenvalue weighted by atomic mass is 16.5. The first-order valence-electron chi connectivity index (χ1n) is 9.82. The number of benzene rings is 2. The number of nitrogens with one attached hydrogen (secondary N) is 2. The van der Waals surface area contributed by atoms with Crippen LogP contribution >= 0.6 is 0 Å². The maximum atomic E-state index is 12.5. The van der Waals surface area contributed by atoms with E-state index in [4.69, 9.17) is 4.74 Å². The number of rotatable bonds is 9.